The zero-order valence-electron chi connectivity index (χ0n) is 10.6. The number of ether oxygens (including phenoxy) is 2. The molecule has 6 nitrogen and oxygen atoms in total. The van der Waals surface area contributed by atoms with E-state index in [-0.39, 0.29) is 6.61 Å². The summed E-state index contributed by atoms with van der Waals surface area (Å²) in [6.45, 7) is 0.809. The summed E-state index contributed by atoms with van der Waals surface area (Å²) >= 11 is 6.03. The Morgan fingerprint density at radius 1 is 1.42 bits per heavy atom. The Labute approximate surface area is 115 Å². The molecule has 1 aromatic carbocycles. The second-order valence-electron chi connectivity index (χ2n) is 3.76. The lowest BCUT2D eigenvalue weighted by Gasteiger charge is -2.14. The van der Waals surface area contributed by atoms with Gasteiger partial charge in [-0.15, -0.1) is 0 Å². The topological polar surface area (TPSA) is 69.4 Å². The molecule has 102 valence electrons. The van der Waals surface area contributed by atoms with E-state index in [4.69, 9.17) is 21.1 Å². The third-order valence-corrected chi connectivity index (χ3v) is 2.65. The van der Waals surface area contributed by atoms with Gasteiger partial charge in [-0.3, -0.25) is 0 Å². The molecule has 0 radical (unpaired) electrons. The van der Waals surface area contributed by atoms with Crippen molar-refractivity contribution in [2.75, 3.05) is 14.2 Å². The average Bonchev–Trinajstić information content (AvgIpc) is 2.90. The summed E-state index contributed by atoms with van der Waals surface area (Å²) in [4.78, 5) is 3.89. The van der Waals surface area contributed by atoms with Crippen molar-refractivity contribution in [3.8, 4) is 11.5 Å². The lowest BCUT2D eigenvalue weighted by molar-refractivity contribution is 0.266. The molecular weight excluding hydrogens is 270 g/mol. The molecule has 0 atom stereocenters. The van der Waals surface area contributed by atoms with Crippen molar-refractivity contribution in [3.05, 3.63) is 34.9 Å². The predicted octanol–water partition coefficient (Wildman–Crippen LogP) is 2.03. The highest BCUT2D eigenvalue weighted by molar-refractivity contribution is 6.30. The lowest BCUT2D eigenvalue weighted by atomic mass is 10.2. The lowest BCUT2D eigenvalue weighted by Crippen LogP contribution is -2.09. The molecule has 7 heteroatoms. The Balaban J connectivity index is 2.24. The van der Waals surface area contributed by atoms with Gasteiger partial charge in [0.1, 0.15) is 0 Å². The number of hydrogen-bond acceptors (Lipinski definition) is 6. The highest BCUT2D eigenvalue weighted by atomic mass is 35.5. The van der Waals surface area contributed by atoms with Crippen molar-refractivity contribution >= 4 is 11.6 Å². The summed E-state index contributed by atoms with van der Waals surface area (Å²) in [5, 5.41) is 7.33. The first kappa shape index (κ1) is 13.6. The van der Waals surface area contributed by atoms with Crippen LogP contribution in [0.15, 0.2) is 23.0 Å². The van der Waals surface area contributed by atoms with Crippen LogP contribution in [-0.4, -0.2) is 24.3 Å². The van der Waals surface area contributed by atoms with Crippen molar-refractivity contribution in [2.45, 2.75) is 13.2 Å². The zero-order chi connectivity index (χ0) is 13.7. The fraction of sp³-hybridized carbons (Fsp3) is 0.333. The number of benzene rings is 1. The molecule has 0 amide bonds. The number of hydrogen-bond donors (Lipinski definition) is 1. The number of aromatic nitrogens is 2. The quantitative estimate of drug-likeness (QED) is 0.875. The molecule has 0 saturated heterocycles. The minimum absolute atomic E-state index is 0.200. The molecular formula is C12H14ClN3O3. The van der Waals surface area contributed by atoms with Crippen LogP contribution in [0.2, 0.25) is 5.02 Å². The maximum atomic E-state index is 6.03. The Kier molecular flexibility index (Phi) is 4.59. The molecule has 0 bridgehead atoms. The molecule has 0 aliphatic rings. The van der Waals surface area contributed by atoms with Gasteiger partial charge >= 0.3 is 0 Å². The van der Waals surface area contributed by atoms with Gasteiger partial charge in [0, 0.05) is 23.2 Å². The minimum atomic E-state index is 0.200. The first-order chi connectivity index (χ1) is 9.24. The molecule has 0 unspecified atom stereocenters. The molecule has 0 aliphatic heterocycles. The van der Waals surface area contributed by atoms with Gasteiger partial charge in [-0.05, 0) is 13.1 Å². The highest BCUT2D eigenvalue weighted by Crippen LogP contribution is 2.35. The molecule has 0 spiro atoms. The van der Waals surface area contributed by atoms with Gasteiger partial charge in [0.25, 0.3) is 0 Å². The molecule has 1 heterocycles. The first-order valence-electron chi connectivity index (χ1n) is 5.63. The van der Waals surface area contributed by atoms with Crippen molar-refractivity contribution in [1.29, 1.82) is 0 Å². The third-order valence-electron chi connectivity index (χ3n) is 2.44. The Morgan fingerprint density at radius 3 is 2.89 bits per heavy atom. The summed E-state index contributed by atoms with van der Waals surface area (Å²) in [5.41, 5.74) is 0.898. The maximum Gasteiger partial charge on any atom is 0.213 e. The maximum absolute atomic E-state index is 6.03. The van der Waals surface area contributed by atoms with Crippen LogP contribution < -0.4 is 14.8 Å². The van der Waals surface area contributed by atoms with Crippen molar-refractivity contribution in [3.63, 3.8) is 0 Å². The van der Waals surface area contributed by atoms with Gasteiger partial charge in [-0.1, -0.05) is 16.8 Å². The number of rotatable bonds is 6. The van der Waals surface area contributed by atoms with Crippen LogP contribution in [0.3, 0.4) is 0 Å². The van der Waals surface area contributed by atoms with E-state index in [1.807, 2.05) is 13.1 Å². The summed E-state index contributed by atoms with van der Waals surface area (Å²) in [6.07, 6.45) is 1.26. The molecule has 2 rings (SSSR count). The number of nitrogens with zero attached hydrogens (tertiary/aromatic N) is 2. The van der Waals surface area contributed by atoms with Gasteiger partial charge in [0.2, 0.25) is 12.2 Å². The van der Waals surface area contributed by atoms with Gasteiger partial charge in [0.05, 0.1) is 7.11 Å². The van der Waals surface area contributed by atoms with E-state index >= 15 is 0 Å². The van der Waals surface area contributed by atoms with E-state index in [2.05, 4.69) is 20.0 Å². The predicted molar refractivity (Wildman–Crippen MR) is 69.4 cm³/mol. The fourth-order valence-electron chi connectivity index (χ4n) is 1.65. The van der Waals surface area contributed by atoms with Gasteiger partial charge in [-0.25, -0.2) is 0 Å². The fourth-order valence-corrected chi connectivity index (χ4v) is 1.88. The average molecular weight is 284 g/mol. The summed E-state index contributed by atoms with van der Waals surface area (Å²) in [6, 6.07) is 3.53. The van der Waals surface area contributed by atoms with Crippen LogP contribution >= 0.6 is 11.6 Å². The number of halogens is 1. The first-order valence-corrected chi connectivity index (χ1v) is 6.01. The molecule has 19 heavy (non-hydrogen) atoms. The largest absolute Gasteiger partial charge is 0.493 e. The Bertz CT molecular complexity index is 531. The summed E-state index contributed by atoms with van der Waals surface area (Å²) in [5.74, 6) is 1.65. The van der Waals surface area contributed by atoms with Crippen LogP contribution in [-0.2, 0) is 13.2 Å². The number of nitrogens with one attached hydrogen (secondary N) is 1. The highest BCUT2D eigenvalue weighted by Gasteiger charge is 2.13. The monoisotopic (exact) mass is 283 g/mol. The molecule has 0 fully saturated rings. The second-order valence-corrected chi connectivity index (χ2v) is 4.20. The normalized spacial score (nSPS) is 10.5. The van der Waals surface area contributed by atoms with Crippen LogP contribution in [0.4, 0.5) is 0 Å². The van der Waals surface area contributed by atoms with Gasteiger partial charge in [-0.2, -0.15) is 4.98 Å². The molecule has 1 N–H and O–H groups in total. The van der Waals surface area contributed by atoms with Crippen molar-refractivity contribution in [1.82, 2.24) is 15.5 Å². The van der Waals surface area contributed by atoms with Crippen LogP contribution in [0.1, 0.15) is 11.4 Å². The smallest absolute Gasteiger partial charge is 0.213 e. The SMILES string of the molecule is CNCc1cc(Cl)cc(OC)c1OCc1ncon1. The second kappa shape index (κ2) is 6.40. The zero-order valence-corrected chi connectivity index (χ0v) is 11.4. The summed E-state index contributed by atoms with van der Waals surface area (Å²) in [7, 11) is 3.41. The van der Waals surface area contributed by atoms with Crippen molar-refractivity contribution in [2.24, 2.45) is 0 Å². The van der Waals surface area contributed by atoms with E-state index in [1.54, 1.807) is 13.2 Å². The van der Waals surface area contributed by atoms with E-state index in [0.717, 1.165) is 5.56 Å². The molecule has 1 aromatic heterocycles. The van der Waals surface area contributed by atoms with E-state index in [1.165, 1.54) is 6.39 Å². The van der Waals surface area contributed by atoms with Gasteiger partial charge < -0.3 is 19.3 Å². The standard InChI is InChI=1S/C12H14ClN3O3/c1-14-5-8-3-9(13)4-10(17-2)12(8)18-6-11-15-7-19-16-11/h3-4,7,14H,5-6H2,1-2H3. The molecule has 0 saturated carbocycles. The summed E-state index contributed by atoms with van der Waals surface area (Å²) < 4.78 is 15.6. The van der Waals surface area contributed by atoms with Crippen LogP contribution in [0.25, 0.3) is 0 Å². The third kappa shape index (κ3) is 3.36. The van der Waals surface area contributed by atoms with E-state index < -0.39 is 0 Å². The van der Waals surface area contributed by atoms with E-state index in [0.29, 0.717) is 28.9 Å². The molecule has 0 aliphatic carbocycles. The van der Waals surface area contributed by atoms with Crippen LogP contribution in [0.5, 0.6) is 11.5 Å². The molecule has 2 aromatic rings. The van der Waals surface area contributed by atoms with Gasteiger partial charge in [0.15, 0.2) is 18.1 Å². The Hall–Kier alpha value is -1.79. The Morgan fingerprint density at radius 2 is 2.26 bits per heavy atom. The van der Waals surface area contributed by atoms with Crippen molar-refractivity contribution < 1.29 is 14.0 Å². The van der Waals surface area contributed by atoms with E-state index in [9.17, 15) is 0 Å². The van der Waals surface area contributed by atoms with Crippen LogP contribution in [0, 0.1) is 0 Å². The number of methoxy groups -OCH3 is 1. The minimum Gasteiger partial charge on any atom is -0.493 e.